The molecule has 0 unspecified atom stereocenters. The monoisotopic (exact) mass is 374 g/mol. The molecule has 1 saturated heterocycles. The minimum Gasteiger partial charge on any atom is -0.457 e. The molecule has 0 aromatic heterocycles. The Bertz CT molecular complexity index is 768. The third-order valence-electron chi connectivity index (χ3n) is 5.06. The lowest BCUT2D eigenvalue weighted by molar-refractivity contribution is -0.109. The largest absolute Gasteiger partial charge is 0.491 e. The van der Waals surface area contributed by atoms with Crippen molar-refractivity contribution in [3.05, 3.63) is 40.4 Å². The summed E-state index contributed by atoms with van der Waals surface area (Å²) >= 11 is 1.21. The molecule has 2 heterocycles. The first-order chi connectivity index (χ1) is 12.1. The van der Waals surface area contributed by atoms with Crippen LogP contribution in [0.15, 0.2) is 23.7 Å². The van der Waals surface area contributed by atoms with E-state index in [4.69, 9.17) is 14.0 Å². The van der Waals surface area contributed by atoms with Crippen molar-refractivity contribution in [2.75, 3.05) is 5.75 Å². The molecule has 0 saturated carbocycles. The number of thioether (sulfide) groups is 1. The average Bonchev–Trinajstić information content (AvgIpc) is 3.00. The number of hydrogen-bond donors (Lipinski definition) is 0. The van der Waals surface area contributed by atoms with E-state index in [1.807, 2.05) is 52.0 Å². The van der Waals surface area contributed by atoms with Crippen LogP contribution in [-0.4, -0.2) is 35.2 Å². The molecule has 2 aliphatic rings. The van der Waals surface area contributed by atoms with Gasteiger partial charge < -0.3 is 14.0 Å². The van der Waals surface area contributed by atoms with Gasteiger partial charge in [0.25, 0.3) is 0 Å². The SMILES string of the molecule is CC(=O)SCC(=Cc1ccc2c(c1)C(=O)OC2)B1OC(C)(C)C(C)(C)O1. The fraction of sp³-hybridized carbons (Fsp3) is 0.474. The third-order valence-corrected chi connectivity index (χ3v) is 5.95. The van der Waals surface area contributed by atoms with Gasteiger partial charge in [0.05, 0.1) is 16.8 Å². The summed E-state index contributed by atoms with van der Waals surface area (Å²) < 4.78 is 17.3. The Morgan fingerprint density at radius 1 is 1.23 bits per heavy atom. The Morgan fingerprint density at radius 3 is 2.50 bits per heavy atom. The fourth-order valence-corrected chi connectivity index (χ4v) is 3.38. The van der Waals surface area contributed by atoms with Crippen molar-refractivity contribution in [3.8, 4) is 0 Å². The Hall–Kier alpha value is -1.57. The van der Waals surface area contributed by atoms with Gasteiger partial charge in [-0.3, -0.25) is 4.79 Å². The smallest absolute Gasteiger partial charge is 0.457 e. The van der Waals surface area contributed by atoms with Gasteiger partial charge in [0.15, 0.2) is 5.12 Å². The second-order valence-electron chi connectivity index (χ2n) is 7.58. The standard InChI is InChI=1S/C19H23BO5S/c1-12(21)26-11-15(20-24-18(2,3)19(4,5)25-20)8-13-6-7-14-10-23-17(22)16(14)9-13/h6-9H,10-11H2,1-5H3. The molecule has 138 valence electrons. The highest BCUT2D eigenvalue weighted by atomic mass is 32.2. The second-order valence-corrected chi connectivity index (χ2v) is 8.73. The van der Waals surface area contributed by atoms with E-state index in [1.165, 1.54) is 18.7 Å². The molecular weight excluding hydrogens is 351 g/mol. The van der Waals surface area contributed by atoms with Crippen LogP contribution in [0.25, 0.3) is 6.08 Å². The molecule has 0 bridgehead atoms. The number of rotatable bonds is 4. The highest BCUT2D eigenvalue weighted by Gasteiger charge is 2.52. The highest BCUT2D eigenvalue weighted by Crippen LogP contribution is 2.39. The third kappa shape index (κ3) is 3.75. The lowest BCUT2D eigenvalue weighted by atomic mass is 9.78. The zero-order chi connectivity index (χ0) is 19.1. The summed E-state index contributed by atoms with van der Waals surface area (Å²) in [5, 5.41) is 0.0324. The van der Waals surface area contributed by atoms with Crippen LogP contribution in [0.1, 0.15) is 56.1 Å². The number of cyclic esters (lactones) is 1. The Morgan fingerprint density at radius 2 is 1.88 bits per heavy atom. The summed E-state index contributed by atoms with van der Waals surface area (Å²) in [5.41, 5.74) is 2.28. The number of hydrogen-bond acceptors (Lipinski definition) is 6. The number of ether oxygens (including phenoxy) is 1. The summed E-state index contributed by atoms with van der Waals surface area (Å²) in [4.78, 5) is 23.3. The number of carbonyl (C=O) groups excluding carboxylic acids is 2. The van der Waals surface area contributed by atoms with Crippen LogP contribution in [0.2, 0.25) is 0 Å². The van der Waals surface area contributed by atoms with Gasteiger partial charge >= 0.3 is 13.1 Å². The topological polar surface area (TPSA) is 61.8 Å². The van der Waals surface area contributed by atoms with E-state index < -0.39 is 18.3 Å². The molecule has 0 aliphatic carbocycles. The van der Waals surface area contributed by atoms with E-state index in [-0.39, 0.29) is 11.1 Å². The van der Waals surface area contributed by atoms with E-state index in [9.17, 15) is 9.59 Å². The van der Waals surface area contributed by atoms with Gasteiger partial charge in [-0.05, 0) is 44.8 Å². The molecule has 2 aliphatic heterocycles. The van der Waals surface area contributed by atoms with Gasteiger partial charge in [-0.25, -0.2) is 4.79 Å². The fourth-order valence-electron chi connectivity index (χ4n) is 2.79. The van der Waals surface area contributed by atoms with E-state index in [0.29, 0.717) is 17.9 Å². The molecule has 0 N–H and O–H groups in total. The van der Waals surface area contributed by atoms with Gasteiger partial charge in [-0.15, -0.1) is 0 Å². The maximum absolute atomic E-state index is 11.8. The summed E-state index contributed by atoms with van der Waals surface area (Å²) in [6.07, 6.45) is 1.93. The molecule has 1 aromatic rings. The first kappa shape index (κ1) is 19.2. The van der Waals surface area contributed by atoms with Crippen LogP contribution in [-0.2, 0) is 25.4 Å². The molecule has 0 amide bonds. The molecule has 26 heavy (non-hydrogen) atoms. The van der Waals surface area contributed by atoms with Crippen molar-refractivity contribution in [1.29, 1.82) is 0 Å². The molecule has 1 fully saturated rings. The van der Waals surface area contributed by atoms with E-state index >= 15 is 0 Å². The van der Waals surface area contributed by atoms with E-state index in [1.54, 1.807) is 0 Å². The van der Waals surface area contributed by atoms with Crippen molar-refractivity contribution in [3.63, 3.8) is 0 Å². The van der Waals surface area contributed by atoms with Crippen molar-refractivity contribution < 1.29 is 23.6 Å². The van der Waals surface area contributed by atoms with Crippen LogP contribution in [0, 0.1) is 0 Å². The highest BCUT2D eigenvalue weighted by molar-refractivity contribution is 8.13. The molecule has 0 atom stereocenters. The summed E-state index contributed by atoms with van der Waals surface area (Å²) in [5.74, 6) is 0.166. The number of carbonyl (C=O) groups is 2. The Balaban J connectivity index is 1.92. The van der Waals surface area contributed by atoms with Crippen molar-refractivity contribution in [1.82, 2.24) is 0 Å². The zero-order valence-corrected chi connectivity index (χ0v) is 16.6. The average molecular weight is 374 g/mol. The number of esters is 1. The first-order valence-corrected chi connectivity index (χ1v) is 9.57. The van der Waals surface area contributed by atoms with Crippen LogP contribution in [0.4, 0.5) is 0 Å². The van der Waals surface area contributed by atoms with Crippen LogP contribution in [0.5, 0.6) is 0 Å². The maximum Gasteiger partial charge on any atom is 0.491 e. The first-order valence-electron chi connectivity index (χ1n) is 8.58. The molecule has 7 heteroatoms. The second kappa shape index (κ2) is 6.87. The predicted molar refractivity (Wildman–Crippen MR) is 103 cm³/mol. The molecule has 3 rings (SSSR count). The Kier molecular flexibility index (Phi) is 5.07. The minimum atomic E-state index is -0.535. The van der Waals surface area contributed by atoms with Crippen molar-refractivity contribution >= 4 is 36.0 Å². The van der Waals surface area contributed by atoms with Gasteiger partial charge in [0.2, 0.25) is 0 Å². The normalized spacial score (nSPS) is 20.9. The van der Waals surface area contributed by atoms with Crippen molar-refractivity contribution in [2.45, 2.75) is 52.4 Å². The minimum absolute atomic E-state index is 0.0324. The number of benzene rings is 1. The molecule has 0 radical (unpaired) electrons. The lowest BCUT2D eigenvalue weighted by Crippen LogP contribution is -2.41. The van der Waals surface area contributed by atoms with Gasteiger partial charge in [0.1, 0.15) is 6.61 Å². The lowest BCUT2D eigenvalue weighted by Gasteiger charge is -2.32. The number of fused-ring (bicyclic) bond motifs is 1. The predicted octanol–water partition coefficient (Wildman–Crippen LogP) is 3.65. The van der Waals surface area contributed by atoms with Crippen LogP contribution in [0.3, 0.4) is 0 Å². The van der Waals surface area contributed by atoms with E-state index in [2.05, 4.69) is 0 Å². The van der Waals surface area contributed by atoms with Crippen LogP contribution < -0.4 is 0 Å². The summed E-state index contributed by atoms with van der Waals surface area (Å²) in [6, 6.07) is 5.64. The van der Waals surface area contributed by atoms with Crippen LogP contribution >= 0.6 is 11.8 Å². The maximum atomic E-state index is 11.8. The molecule has 0 spiro atoms. The van der Waals surface area contributed by atoms with Crippen molar-refractivity contribution in [2.24, 2.45) is 0 Å². The van der Waals surface area contributed by atoms with Gasteiger partial charge in [-0.2, -0.15) is 0 Å². The molecular formula is C19H23BO5S. The molecule has 5 nitrogen and oxygen atoms in total. The van der Waals surface area contributed by atoms with Gasteiger partial charge in [0, 0.05) is 18.2 Å². The zero-order valence-electron chi connectivity index (χ0n) is 15.8. The van der Waals surface area contributed by atoms with E-state index in [0.717, 1.165) is 16.6 Å². The summed E-state index contributed by atoms with van der Waals surface area (Å²) in [7, 11) is -0.535. The molecule has 1 aromatic carbocycles. The Labute approximate surface area is 158 Å². The summed E-state index contributed by atoms with van der Waals surface area (Å²) in [6.45, 7) is 9.84. The van der Waals surface area contributed by atoms with Gasteiger partial charge in [-0.1, -0.05) is 30.0 Å². The quantitative estimate of drug-likeness (QED) is 0.592.